The van der Waals surface area contributed by atoms with E-state index in [9.17, 15) is 0 Å². The second-order valence-corrected chi connectivity index (χ2v) is 6.63. The predicted molar refractivity (Wildman–Crippen MR) is 95.8 cm³/mol. The summed E-state index contributed by atoms with van der Waals surface area (Å²) in [6, 6.07) is 13.0. The van der Waals surface area contributed by atoms with Crippen molar-refractivity contribution in [2.75, 3.05) is 26.3 Å². The first-order chi connectivity index (χ1) is 11.9. The molecule has 1 saturated heterocycles. The lowest BCUT2D eigenvalue weighted by atomic mass is 9.98. The highest BCUT2D eigenvalue weighted by molar-refractivity contribution is 5.79. The molecule has 1 aliphatic heterocycles. The Bertz CT molecular complexity index is 784. The van der Waals surface area contributed by atoms with Crippen LogP contribution in [0.3, 0.4) is 0 Å². The zero-order valence-corrected chi connectivity index (χ0v) is 13.8. The molecule has 1 fully saturated rings. The topological polar surface area (TPSA) is 41.1 Å². The van der Waals surface area contributed by atoms with Crippen molar-refractivity contribution < 1.29 is 4.74 Å². The van der Waals surface area contributed by atoms with E-state index in [4.69, 9.17) is 4.74 Å². The second kappa shape index (κ2) is 7.16. The third kappa shape index (κ3) is 3.66. The van der Waals surface area contributed by atoms with Crippen molar-refractivity contribution in [3.05, 3.63) is 66.1 Å². The lowest BCUT2D eigenvalue weighted by Gasteiger charge is -2.23. The van der Waals surface area contributed by atoms with Crippen LogP contribution in [0.4, 0.5) is 0 Å². The summed E-state index contributed by atoms with van der Waals surface area (Å²) in [6.45, 7) is 4.71. The largest absolute Gasteiger partial charge is 0.380 e. The van der Waals surface area contributed by atoms with Crippen LogP contribution < -0.4 is 0 Å². The molecule has 0 bridgehead atoms. The van der Waals surface area contributed by atoms with Crippen LogP contribution in [0.15, 0.2) is 55.0 Å². The third-order valence-electron chi connectivity index (χ3n) is 4.72. The van der Waals surface area contributed by atoms with Gasteiger partial charge in [0.15, 0.2) is 0 Å². The number of aromatic amines is 1. The lowest BCUT2D eigenvalue weighted by Crippen LogP contribution is -2.30. The maximum absolute atomic E-state index is 5.86. The van der Waals surface area contributed by atoms with Crippen LogP contribution in [-0.4, -0.2) is 41.2 Å². The van der Waals surface area contributed by atoms with Crippen LogP contribution in [0, 0.1) is 5.92 Å². The van der Waals surface area contributed by atoms with E-state index in [1.54, 1.807) is 0 Å². The Kier molecular flexibility index (Phi) is 4.58. The van der Waals surface area contributed by atoms with Gasteiger partial charge in [0.1, 0.15) is 0 Å². The summed E-state index contributed by atoms with van der Waals surface area (Å²) in [5.41, 5.74) is 3.91. The van der Waals surface area contributed by atoms with E-state index in [1.165, 1.54) is 22.0 Å². The maximum atomic E-state index is 5.86. The maximum Gasteiger partial charge on any atom is 0.0593 e. The summed E-state index contributed by atoms with van der Waals surface area (Å²) in [7, 11) is 0. The van der Waals surface area contributed by atoms with Crippen molar-refractivity contribution in [3.8, 4) is 0 Å². The number of pyridine rings is 1. The van der Waals surface area contributed by atoms with Crippen LogP contribution in [-0.2, 0) is 17.7 Å². The monoisotopic (exact) mass is 321 g/mol. The van der Waals surface area contributed by atoms with Crippen LogP contribution in [0.25, 0.3) is 10.9 Å². The molecule has 3 aromatic rings. The Morgan fingerprint density at radius 3 is 2.96 bits per heavy atom. The lowest BCUT2D eigenvalue weighted by molar-refractivity contribution is 0.121. The zero-order valence-electron chi connectivity index (χ0n) is 13.8. The number of benzene rings is 1. The average Bonchev–Trinajstić information content (AvgIpc) is 2.96. The molecule has 3 heterocycles. The van der Waals surface area contributed by atoms with Gasteiger partial charge in [0, 0.05) is 43.7 Å². The van der Waals surface area contributed by atoms with Crippen molar-refractivity contribution >= 4 is 10.9 Å². The minimum atomic E-state index is 0.533. The zero-order chi connectivity index (χ0) is 16.2. The van der Waals surface area contributed by atoms with Gasteiger partial charge in [-0.05, 0) is 59.2 Å². The first-order valence-electron chi connectivity index (χ1n) is 8.62. The van der Waals surface area contributed by atoms with Gasteiger partial charge in [0.25, 0.3) is 0 Å². The minimum absolute atomic E-state index is 0.533. The van der Waals surface area contributed by atoms with Gasteiger partial charge in [-0.25, -0.2) is 0 Å². The Morgan fingerprint density at radius 1 is 1.12 bits per heavy atom. The van der Waals surface area contributed by atoms with E-state index in [-0.39, 0.29) is 0 Å². The van der Waals surface area contributed by atoms with Crippen molar-refractivity contribution in [3.63, 3.8) is 0 Å². The normalized spacial score (nSPS) is 19.4. The van der Waals surface area contributed by atoms with Crippen molar-refractivity contribution in [2.45, 2.75) is 13.0 Å². The molecule has 0 unspecified atom stereocenters. The van der Waals surface area contributed by atoms with Crippen LogP contribution in [0.1, 0.15) is 11.1 Å². The van der Waals surface area contributed by atoms with Gasteiger partial charge in [-0.2, -0.15) is 0 Å². The molecule has 2 aromatic heterocycles. The van der Waals surface area contributed by atoms with E-state index < -0.39 is 0 Å². The number of fused-ring (bicyclic) bond motifs is 1. The van der Waals surface area contributed by atoms with Crippen molar-refractivity contribution in [2.24, 2.45) is 5.92 Å². The van der Waals surface area contributed by atoms with Crippen LogP contribution in [0.5, 0.6) is 0 Å². The second-order valence-electron chi connectivity index (χ2n) is 6.63. The van der Waals surface area contributed by atoms with E-state index >= 15 is 0 Å². The fourth-order valence-corrected chi connectivity index (χ4v) is 3.53. The third-order valence-corrected chi connectivity index (χ3v) is 4.72. The van der Waals surface area contributed by atoms with Gasteiger partial charge >= 0.3 is 0 Å². The van der Waals surface area contributed by atoms with E-state index in [1.807, 2.05) is 18.6 Å². The number of nitrogens with one attached hydrogen (secondary N) is 1. The van der Waals surface area contributed by atoms with E-state index in [0.717, 1.165) is 39.3 Å². The summed E-state index contributed by atoms with van der Waals surface area (Å²) in [6.07, 6.45) is 6.80. The van der Waals surface area contributed by atoms with Crippen LogP contribution in [0.2, 0.25) is 0 Å². The molecular weight excluding hydrogens is 298 g/mol. The molecule has 124 valence electrons. The summed E-state index contributed by atoms with van der Waals surface area (Å²) < 4.78 is 5.86. The molecule has 0 spiro atoms. The first-order valence-corrected chi connectivity index (χ1v) is 8.62. The first kappa shape index (κ1) is 15.4. The minimum Gasteiger partial charge on any atom is -0.380 e. The highest BCUT2D eigenvalue weighted by atomic mass is 16.5. The van der Waals surface area contributed by atoms with Crippen LogP contribution >= 0.6 is 0 Å². The Balaban J connectivity index is 1.43. The highest BCUT2D eigenvalue weighted by Crippen LogP contribution is 2.19. The Hall–Kier alpha value is -2.17. The summed E-state index contributed by atoms with van der Waals surface area (Å²) in [5.74, 6) is 0.533. The van der Waals surface area contributed by atoms with Gasteiger partial charge in [-0.15, -0.1) is 0 Å². The molecule has 1 aromatic carbocycles. The standard InChI is InChI=1S/C20H23N3O/c1-2-20-19(5-8-22-20)12-17(1)11-18-14-23(9-10-24-15-18)13-16-3-6-21-7-4-16/h1-8,12,18,22H,9-11,13-15H2/t18-/m1/s1. The number of nitrogens with zero attached hydrogens (tertiary/aromatic N) is 2. The number of rotatable bonds is 4. The molecule has 1 atom stereocenters. The number of H-pyrrole nitrogens is 1. The van der Waals surface area contributed by atoms with E-state index in [0.29, 0.717) is 5.92 Å². The molecule has 1 N–H and O–H groups in total. The SMILES string of the molecule is c1cc(CN2CCOC[C@H](Cc3ccc4[nH]ccc4c3)C2)ccn1. The van der Waals surface area contributed by atoms with Gasteiger partial charge in [-0.3, -0.25) is 9.88 Å². The average molecular weight is 321 g/mol. The smallest absolute Gasteiger partial charge is 0.0593 e. The molecule has 4 rings (SSSR count). The molecule has 0 aliphatic carbocycles. The fraction of sp³-hybridized carbons (Fsp3) is 0.350. The van der Waals surface area contributed by atoms with E-state index in [2.05, 4.69) is 51.3 Å². The summed E-state index contributed by atoms with van der Waals surface area (Å²) >= 11 is 0. The van der Waals surface area contributed by atoms with Crippen molar-refractivity contribution in [1.29, 1.82) is 0 Å². The molecule has 0 radical (unpaired) electrons. The molecular formula is C20H23N3O. The Morgan fingerprint density at radius 2 is 2.04 bits per heavy atom. The molecule has 0 amide bonds. The van der Waals surface area contributed by atoms with Crippen molar-refractivity contribution in [1.82, 2.24) is 14.9 Å². The molecule has 4 heteroatoms. The van der Waals surface area contributed by atoms with Gasteiger partial charge < -0.3 is 9.72 Å². The summed E-state index contributed by atoms with van der Waals surface area (Å²) in [5, 5.41) is 1.29. The van der Waals surface area contributed by atoms with Gasteiger partial charge in [-0.1, -0.05) is 6.07 Å². The van der Waals surface area contributed by atoms with Gasteiger partial charge in [0.2, 0.25) is 0 Å². The number of ether oxygens (including phenoxy) is 1. The predicted octanol–water partition coefficient (Wildman–Crippen LogP) is 3.25. The molecule has 0 saturated carbocycles. The number of aromatic nitrogens is 2. The summed E-state index contributed by atoms with van der Waals surface area (Å²) in [4.78, 5) is 9.86. The highest BCUT2D eigenvalue weighted by Gasteiger charge is 2.19. The number of hydrogen-bond acceptors (Lipinski definition) is 3. The molecule has 1 aliphatic rings. The Labute approximate surface area is 142 Å². The quantitative estimate of drug-likeness (QED) is 0.802. The molecule has 24 heavy (non-hydrogen) atoms. The fourth-order valence-electron chi connectivity index (χ4n) is 3.53. The van der Waals surface area contributed by atoms with Gasteiger partial charge in [0.05, 0.1) is 13.2 Å². The molecule has 4 nitrogen and oxygen atoms in total. The number of hydrogen-bond donors (Lipinski definition) is 1.